The van der Waals surface area contributed by atoms with Gasteiger partial charge in [-0.3, -0.25) is 14.3 Å². The second-order valence-electron chi connectivity index (χ2n) is 4.32. The molecule has 0 bridgehead atoms. The molecule has 1 aromatic heterocycles. The standard InChI is InChI=1S/C10H12N4O2/c1-13-4-5(3-11)8(12-13)14-9(15)6-2-7(6)10(14)16/h4,6-7H,2-3,11H2,1H3. The first-order valence-corrected chi connectivity index (χ1v) is 5.24. The molecule has 3 rings (SSSR count). The summed E-state index contributed by atoms with van der Waals surface area (Å²) in [4.78, 5) is 24.9. The molecule has 16 heavy (non-hydrogen) atoms. The zero-order valence-corrected chi connectivity index (χ0v) is 8.88. The van der Waals surface area contributed by atoms with Crippen LogP contribution in [0.4, 0.5) is 5.82 Å². The minimum atomic E-state index is -0.122. The number of aromatic nitrogens is 2. The number of aryl methyl sites for hydroxylation is 1. The van der Waals surface area contributed by atoms with Gasteiger partial charge in [0.15, 0.2) is 5.82 Å². The summed E-state index contributed by atoms with van der Waals surface area (Å²) in [6.07, 6.45) is 2.44. The average molecular weight is 220 g/mol. The molecule has 1 saturated heterocycles. The van der Waals surface area contributed by atoms with Gasteiger partial charge in [-0.1, -0.05) is 0 Å². The number of carbonyl (C=O) groups excluding carboxylic acids is 2. The van der Waals surface area contributed by atoms with E-state index in [-0.39, 0.29) is 30.2 Å². The first kappa shape index (κ1) is 9.53. The Morgan fingerprint density at radius 1 is 1.44 bits per heavy atom. The van der Waals surface area contributed by atoms with Crippen LogP contribution in [0.5, 0.6) is 0 Å². The van der Waals surface area contributed by atoms with E-state index in [2.05, 4.69) is 5.10 Å². The van der Waals surface area contributed by atoms with Crippen LogP contribution in [-0.4, -0.2) is 21.6 Å². The molecule has 6 nitrogen and oxygen atoms in total. The van der Waals surface area contributed by atoms with Crippen molar-refractivity contribution in [3.05, 3.63) is 11.8 Å². The molecule has 2 N–H and O–H groups in total. The maximum atomic E-state index is 11.9. The average Bonchev–Trinajstić information content (AvgIpc) is 2.91. The van der Waals surface area contributed by atoms with Gasteiger partial charge in [-0.05, 0) is 6.42 Å². The normalized spacial score (nSPS) is 27.5. The Balaban J connectivity index is 2.03. The van der Waals surface area contributed by atoms with Crippen molar-refractivity contribution in [3.63, 3.8) is 0 Å². The van der Waals surface area contributed by atoms with E-state index in [1.807, 2.05) is 0 Å². The fraction of sp³-hybridized carbons (Fsp3) is 0.500. The lowest BCUT2D eigenvalue weighted by Crippen LogP contribution is -2.34. The first-order valence-electron chi connectivity index (χ1n) is 5.24. The second kappa shape index (κ2) is 2.91. The molecule has 0 radical (unpaired) electrons. The van der Waals surface area contributed by atoms with Gasteiger partial charge in [0.05, 0.1) is 11.8 Å². The highest BCUT2D eigenvalue weighted by atomic mass is 16.2. The lowest BCUT2D eigenvalue weighted by atomic mass is 10.3. The van der Waals surface area contributed by atoms with Gasteiger partial charge < -0.3 is 5.73 Å². The zero-order chi connectivity index (χ0) is 11.4. The lowest BCUT2D eigenvalue weighted by molar-refractivity contribution is -0.123. The summed E-state index contributed by atoms with van der Waals surface area (Å²) in [6, 6.07) is 0. The Bertz CT molecular complexity index is 473. The number of anilines is 1. The number of nitrogens with two attached hydrogens (primary N) is 1. The van der Waals surface area contributed by atoms with Gasteiger partial charge in [-0.25, -0.2) is 4.90 Å². The number of hydrogen-bond acceptors (Lipinski definition) is 4. The molecular weight excluding hydrogens is 208 g/mol. The van der Waals surface area contributed by atoms with Crippen molar-refractivity contribution in [3.8, 4) is 0 Å². The van der Waals surface area contributed by atoms with Crippen LogP contribution in [0.15, 0.2) is 6.20 Å². The van der Waals surface area contributed by atoms with Crippen LogP contribution in [0.3, 0.4) is 0 Å². The molecule has 1 aromatic rings. The largest absolute Gasteiger partial charge is 0.326 e. The van der Waals surface area contributed by atoms with Gasteiger partial charge >= 0.3 is 0 Å². The maximum Gasteiger partial charge on any atom is 0.238 e. The van der Waals surface area contributed by atoms with Crippen LogP contribution < -0.4 is 10.6 Å². The van der Waals surface area contributed by atoms with Crippen LogP contribution in [0, 0.1) is 11.8 Å². The van der Waals surface area contributed by atoms with Crippen molar-refractivity contribution in [1.29, 1.82) is 0 Å². The van der Waals surface area contributed by atoms with Crippen molar-refractivity contribution in [2.24, 2.45) is 24.6 Å². The Morgan fingerprint density at radius 3 is 2.62 bits per heavy atom. The smallest absolute Gasteiger partial charge is 0.238 e. The summed E-state index contributed by atoms with van der Waals surface area (Å²) in [5.74, 6) is -0.0285. The van der Waals surface area contributed by atoms with E-state index in [0.29, 0.717) is 12.2 Å². The van der Waals surface area contributed by atoms with Crippen molar-refractivity contribution in [2.45, 2.75) is 13.0 Å². The van der Waals surface area contributed by atoms with E-state index in [0.717, 1.165) is 5.56 Å². The highest BCUT2D eigenvalue weighted by molar-refractivity contribution is 6.24. The van der Waals surface area contributed by atoms with Gasteiger partial charge in [0.1, 0.15) is 0 Å². The SMILES string of the molecule is Cn1cc(CN)c(N2C(=O)C3CC3C2=O)n1. The molecule has 0 aromatic carbocycles. The molecule has 1 aliphatic heterocycles. The van der Waals surface area contributed by atoms with Crippen LogP contribution in [0.2, 0.25) is 0 Å². The van der Waals surface area contributed by atoms with E-state index in [4.69, 9.17) is 5.73 Å². The van der Waals surface area contributed by atoms with E-state index >= 15 is 0 Å². The summed E-state index contributed by atoms with van der Waals surface area (Å²) >= 11 is 0. The number of rotatable bonds is 2. The number of amides is 2. The number of imide groups is 1. The fourth-order valence-electron chi connectivity index (χ4n) is 2.25. The highest BCUT2D eigenvalue weighted by Gasteiger charge is 2.60. The molecule has 84 valence electrons. The third-order valence-electron chi connectivity index (χ3n) is 3.18. The summed E-state index contributed by atoms with van der Waals surface area (Å²) < 4.78 is 1.57. The molecule has 2 atom stereocenters. The lowest BCUT2D eigenvalue weighted by Gasteiger charge is -2.14. The Hall–Kier alpha value is -1.69. The summed E-state index contributed by atoms with van der Waals surface area (Å²) in [5, 5.41) is 4.14. The third kappa shape index (κ3) is 1.07. The molecule has 1 saturated carbocycles. The summed E-state index contributed by atoms with van der Waals surface area (Å²) in [6.45, 7) is 0.273. The van der Waals surface area contributed by atoms with Gasteiger partial charge in [0, 0.05) is 25.4 Å². The van der Waals surface area contributed by atoms with Crippen molar-refractivity contribution in [1.82, 2.24) is 9.78 Å². The van der Waals surface area contributed by atoms with Crippen molar-refractivity contribution in [2.75, 3.05) is 4.90 Å². The Labute approximate surface area is 92.0 Å². The van der Waals surface area contributed by atoms with Crippen molar-refractivity contribution < 1.29 is 9.59 Å². The second-order valence-corrected chi connectivity index (χ2v) is 4.32. The van der Waals surface area contributed by atoms with E-state index < -0.39 is 0 Å². The third-order valence-corrected chi connectivity index (χ3v) is 3.18. The van der Waals surface area contributed by atoms with E-state index in [1.54, 1.807) is 17.9 Å². The molecule has 6 heteroatoms. The van der Waals surface area contributed by atoms with Crippen LogP contribution in [0.25, 0.3) is 0 Å². The Kier molecular flexibility index (Phi) is 1.74. The first-order chi connectivity index (χ1) is 7.63. The summed E-state index contributed by atoms with van der Waals surface area (Å²) in [7, 11) is 1.74. The number of hydrogen-bond donors (Lipinski definition) is 1. The number of carbonyl (C=O) groups is 2. The monoisotopic (exact) mass is 220 g/mol. The van der Waals surface area contributed by atoms with Crippen LogP contribution in [0.1, 0.15) is 12.0 Å². The minimum Gasteiger partial charge on any atom is -0.326 e. The number of nitrogens with zero attached hydrogens (tertiary/aromatic N) is 3. The predicted octanol–water partition coefficient (Wildman–Crippen LogP) is -0.612. The fourth-order valence-corrected chi connectivity index (χ4v) is 2.25. The van der Waals surface area contributed by atoms with Gasteiger partial charge in [-0.15, -0.1) is 0 Å². The molecule has 2 amide bonds. The zero-order valence-electron chi connectivity index (χ0n) is 8.88. The van der Waals surface area contributed by atoms with E-state index in [9.17, 15) is 9.59 Å². The molecule has 1 aliphatic carbocycles. The van der Waals surface area contributed by atoms with Gasteiger partial charge in [-0.2, -0.15) is 5.10 Å². The van der Waals surface area contributed by atoms with Gasteiger partial charge in [0.25, 0.3) is 0 Å². The highest BCUT2D eigenvalue weighted by Crippen LogP contribution is 2.48. The van der Waals surface area contributed by atoms with Gasteiger partial charge in [0.2, 0.25) is 11.8 Å². The quantitative estimate of drug-likeness (QED) is 0.674. The molecule has 2 fully saturated rings. The Morgan fingerprint density at radius 2 is 2.06 bits per heavy atom. The van der Waals surface area contributed by atoms with E-state index in [1.165, 1.54) is 4.90 Å². The molecule has 0 spiro atoms. The molecule has 2 unspecified atom stereocenters. The predicted molar refractivity (Wildman–Crippen MR) is 55.2 cm³/mol. The van der Waals surface area contributed by atoms with Crippen LogP contribution in [-0.2, 0) is 23.2 Å². The topological polar surface area (TPSA) is 81.2 Å². The minimum absolute atomic E-state index is 0.0971. The maximum absolute atomic E-state index is 11.9. The van der Waals surface area contributed by atoms with Crippen LogP contribution >= 0.6 is 0 Å². The molecular formula is C10H12N4O2. The molecule has 2 heterocycles. The summed E-state index contributed by atoms with van der Waals surface area (Å²) in [5.41, 5.74) is 6.29. The number of piperidine rings is 1. The molecule has 2 aliphatic rings. The number of fused-ring (bicyclic) bond motifs is 1. The van der Waals surface area contributed by atoms with Crippen molar-refractivity contribution >= 4 is 17.6 Å².